The molecule has 0 aromatic heterocycles. The van der Waals surface area contributed by atoms with Crippen molar-refractivity contribution in [1.29, 1.82) is 0 Å². The highest BCUT2D eigenvalue weighted by Crippen LogP contribution is 2.18. The lowest BCUT2D eigenvalue weighted by Crippen LogP contribution is -2.19. The summed E-state index contributed by atoms with van der Waals surface area (Å²) in [4.78, 5) is 14.0. The zero-order valence-corrected chi connectivity index (χ0v) is 9.65. The highest BCUT2D eigenvalue weighted by molar-refractivity contribution is 5.90. The lowest BCUT2D eigenvalue weighted by atomic mass is 10.0. The van der Waals surface area contributed by atoms with Crippen LogP contribution in [0.3, 0.4) is 0 Å². The number of hydrogen-bond donors (Lipinski definition) is 1. The van der Waals surface area contributed by atoms with E-state index in [1.54, 1.807) is 0 Å². The number of amides is 1. The van der Waals surface area contributed by atoms with Crippen molar-refractivity contribution in [2.75, 3.05) is 25.5 Å². The van der Waals surface area contributed by atoms with Gasteiger partial charge >= 0.3 is 0 Å². The van der Waals surface area contributed by atoms with Crippen LogP contribution in [0.25, 0.3) is 0 Å². The molecule has 0 radical (unpaired) electrons. The van der Waals surface area contributed by atoms with E-state index < -0.39 is 0 Å². The Hall–Kier alpha value is -1.35. The Balaban J connectivity index is 1.81. The standard InChI is InChI=1S/C13H18N2O/c1-15-8-7-11(10-15)9-13(16)14-12-5-3-2-4-6-12/h2-6,11H,7-10H2,1H3,(H,14,16). The first-order valence-electron chi connectivity index (χ1n) is 5.77. The molecule has 86 valence electrons. The van der Waals surface area contributed by atoms with E-state index in [4.69, 9.17) is 0 Å². The lowest BCUT2D eigenvalue weighted by Gasteiger charge is -2.10. The summed E-state index contributed by atoms with van der Waals surface area (Å²) >= 11 is 0. The fourth-order valence-electron chi connectivity index (χ4n) is 2.19. The van der Waals surface area contributed by atoms with Gasteiger partial charge in [-0.15, -0.1) is 0 Å². The number of anilines is 1. The molecule has 1 heterocycles. The van der Waals surface area contributed by atoms with Crippen LogP contribution in [0.1, 0.15) is 12.8 Å². The van der Waals surface area contributed by atoms with Gasteiger partial charge in [0.25, 0.3) is 0 Å². The second-order valence-corrected chi connectivity index (χ2v) is 4.54. The molecule has 1 amide bonds. The number of carbonyl (C=O) groups is 1. The average Bonchev–Trinajstić information content (AvgIpc) is 2.65. The van der Waals surface area contributed by atoms with E-state index in [-0.39, 0.29) is 5.91 Å². The van der Waals surface area contributed by atoms with Crippen LogP contribution >= 0.6 is 0 Å². The minimum absolute atomic E-state index is 0.131. The van der Waals surface area contributed by atoms with Gasteiger partial charge in [0, 0.05) is 18.7 Å². The smallest absolute Gasteiger partial charge is 0.224 e. The molecular formula is C13H18N2O. The fourth-order valence-corrected chi connectivity index (χ4v) is 2.19. The van der Waals surface area contributed by atoms with E-state index in [9.17, 15) is 4.79 Å². The van der Waals surface area contributed by atoms with Gasteiger partial charge < -0.3 is 10.2 Å². The summed E-state index contributed by atoms with van der Waals surface area (Å²) in [6.07, 6.45) is 1.78. The molecule has 1 atom stereocenters. The number of rotatable bonds is 3. The van der Waals surface area contributed by atoms with Gasteiger partial charge in [0.15, 0.2) is 0 Å². The first-order chi connectivity index (χ1) is 7.74. The predicted molar refractivity (Wildman–Crippen MR) is 65.3 cm³/mol. The van der Waals surface area contributed by atoms with Crippen LogP contribution in [0.4, 0.5) is 5.69 Å². The normalized spacial score (nSPS) is 20.9. The summed E-state index contributed by atoms with van der Waals surface area (Å²) in [6, 6.07) is 9.64. The largest absolute Gasteiger partial charge is 0.326 e. The van der Waals surface area contributed by atoms with E-state index in [0.717, 1.165) is 25.2 Å². The first-order valence-corrected chi connectivity index (χ1v) is 5.77. The summed E-state index contributed by atoms with van der Waals surface area (Å²) in [6.45, 7) is 2.16. The molecular weight excluding hydrogens is 200 g/mol. The van der Waals surface area contributed by atoms with Crippen molar-refractivity contribution >= 4 is 11.6 Å². The second-order valence-electron chi connectivity index (χ2n) is 4.54. The van der Waals surface area contributed by atoms with Crippen molar-refractivity contribution in [3.8, 4) is 0 Å². The zero-order chi connectivity index (χ0) is 11.4. The Morgan fingerprint density at radius 3 is 2.81 bits per heavy atom. The Morgan fingerprint density at radius 1 is 1.44 bits per heavy atom. The van der Waals surface area contributed by atoms with E-state index in [1.807, 2.05) is 30.3 Å². The third kappa shape index (κ3) is 3.07. The quantitative estimate of drug-likeness (QED) is 0.841. The molecule has 1 aromatic carbocycles. The number of benzene rings is 1. The summed E-state index contributed by atoms with van der Waals surface area (Å²) in [5.41, 5.74) is 0.888. The van der Waals surface area contributed by atoms with Crippen LogP contribution in [0.5, 0.6) is 0 Å². The first kappa shape index (κ1) is 11.1. The minimum atomic E-state index is 0.131. The number of nitrogens with zero attached hydrogens (tertiary/aromatic N) is 1. The SMILES string of the molecule is CN1CCC(CC(=O)Nc2ccccc2)C1. The predicted octanol–water partition coefficient (Wildman–Crippen LogP) is 1.97. The van der Waals surface area contributed by atoms with Gasteiger partial charge in [-0.1, -0.05) is 18.2 Å². The highest BCUT2D eigenvalue weighted by atomic mass is 16.1. The topological polar surface area (TPSA) is 32.3 Å². The van der Waals surface area contributed by atoms with Crippen molar-refractivity contribution in [3.05, 3.63) is 30.3 Å². The lowest BCUT2D eigenvalue weighted by molar-refractivity contribution is -0.117. The number of nitrogens with one attached hydrogen (secondary N) is 1. The highest BCUT2D eigenvalue weighted by Gasteiger charge is 2.21. The van der Waals surface area contributed by atoms with Crippen LogP contribution in [0.2, 0.25) is 0 Å². The molecule has 2 rings (SSSR count). The van der Waals surface area contributed by atoms with Gasteiger partial charge in [-0.25, -0.2) is 0 Å². The van der Waals surface area contributed by atoms with E-state index in [2.05, 4.69) is 17.3 Å². The number of hydrogen-bond acceptors (Lipinski definition) is 2. The van der Waals surface area contributed by atoms with Gasteiger partial charge in [-0.2, -0.15) is 0 Å². The Bertz CT molecular complexity index is 350. The summed E-state index contributed by atoms with van der Waals surface area (Å²) in [5, 5.41) is 2.93. The third-order valence-electron chi connectivity index (χ3n) is 3.02. The van der Waals surface area contributed by atoms with Gasteiger partial charge in [-0.3, -0.25) is 4.79 Å². The number of likely N-dealkylation sites (tertiary alicyclic amines) is 1. The molecule has 1 aliphatic rings. The number of para-hydroxylation sites is 1. The monoisotopic (exact) mass is 218 g/mol. The Morgan fingerprint density at radius 2 is 2.19 bits per heavy atom. The molecule has 3 heteroatoms. The van der Waals surface area contributed by atoms with Gasteiger partial charge in [0.2, 0.25) is 5.91 Å². The molecule has 1 aromatic rings. The molecule has 1 N–H and O–H groups in total. The summed E-state index contributed by atoms with van der Waals surface area (Å²) in [7, 11) is 2.11. The van der Waals surface area contributed by atoms with Gasteiger partial charge in [0.05, 0.1) is 0 Å². The van der Waals surface area contributed by atoms with Crippen LogP contribution in [0, 0.1) is 5.92 Å². The molecule has 0 aliphatic carbocycles. The van der Waals surface area contributed by atoms with Gasteiger partial charge in [0.1, 0.15) is 0 Å². The van der Waals surface area contributed by atoms with Crippen molar-refractivity contribution in [1.82, 2.24) is 4.90 Å². The zero-order valence-electron chi connectivity index (χ0n) is 9.65. The molecule has 1 fully saturated rings. The Labute approximate surface area is 96.5 Å². The number of carbonyl (C=O) groups excluding carboxylic acids is 1. The van der Waals surface area contributed by atoms with Crippen LogP contribution in [0.15, 0.2) is 30.3 Å². The van der Waals surface area contributed by atoms with Crippen LogP contribution in [-0.2, 0) is 4.79 Å². The van der Waals surface area contributed by atoms with Crippen molar-refractivity contribution in [2.24, 2.45) is 5.92 Å². The van der Waals surface area contributed by atoms with Crippen molar-refractivity contribution in [3.63, 3.8) is 0 Å². The maximum Gasteiger partial charge on any atom is 0.224 e. The maximum atomic E-state index is 11.7. The average molecular weight is 218 g/mol. The van der Waals surface area contributed by atoms with E-state index in [0.29, 0.717) is 12.3 Å². The molecule has 1 aliphatic heterocycles. The molecule has 1 saturated heterocycles. The molecule has 0 saturated carbocycles. The van der Waals surface area contributed by atoms with Crippen molar-refractivity contribution < 1.29 is 4.79 Å². The maximum absolute atomic E-state index is 11.7. The van der Waals surface area contributed by atoms with Crippen LogP contribution in [-0.4, -0.2) is 30.9 Å². The minimum Gasteiger partial charge on any atom is -0.326 e. The molecule has 1 unspecified atom stereocenters. The third-order valence-corrected chi connectivity index (χ3v) is 3.02. The Kier molecular flexibility index (Phi) is 3.57. The van der Waals surface area contributed by atoms with E-state index in [1.165, 1.54) is 0 Å². The molecule has 16 heavy (non-hydrogen) atoms. The second kappa shape index (κ2) is 5.12. The summed E-state index contributed by atoms with van der Waals surface area (Å²) < 4.78 is 0. The van der Waals surface area contributed by atoms with Crippen LogP contribution < -0.4 is 5.32 Å². The molecule has 3 nitrogen and oxygen atoms in total. The van der Waals surface area contributed by atoms with Gasteiger partial charge in [-0.05, 0) is 38.1 Å². The summed E-state index contributed by atoms with van der Waals surface area (Å²) in [5.74, 6) is 0.653. The van der Waals surface area contributed by atoms with Crippen molar-refractivity contribution in [2.45, 2.75) is 12.8 Å². The van der Waals surface area contributed by atoms with E-state index >= 15 is 0 Å². The molecule has 0 bridgehead atoms. The fraction of sp³-hybridized carbons (Fsp3) is 0.462. The molecule has 0 spiro atoms.